The number of primary amides is 1. The highest BCUT2D eigenvalue weighted by Gasteiger charge is 2.29. The molecule has 0 aliphatic heterocycles. The number of hydrogen-bond donors (Lipinski definition) is 3. The molecule has 4 amide bonds. The van der Waals surface area contributed by atoms with Gasteiger partial charge < -0.3 is 15.5 Å². The summed E-state index contributed by atoms with van der Waals surface area (Å²) < 4.78 is 4.84. The summed E-state index contributed by atoms with van der Waals surface area (Å²) in [5.41, 5.74) is 5.94. The largest absolute Gasteiger partial charge is 0.433 e. The van der Waals surface area contributed by atoms with Crippen molar-refractivity contribution >= 4 is 40.1 Å². The Balaban J connectivity index is 1.89. The molecule has 0 saturated heterocycles. The number of furan rings is 1. The van der Waals surface area contributed by atoms with E-state index in [0.29, 0.717) is 6.42 Å². The first-order chi connectivity index (χ1) is 11.9. The second-order valence-corrected chi connectivity index (χ2v) is 6.33. The molecule has 4 N–H and O–H groups in total. The van der Waals surface area contributed by atoms with Crippen LogP contribution < -0.4 is 16.4 Å². The SMILES string of the molecule is NC(=O)NC(=O)c1c(NC(=O)c2ccc([N+](=O)[O-])o2)sc2c1CCC2. The lowest BCUT2D eigenvalue weighted by Crippen LogP contribution is -2.35. The van der Waals surface area contributed by atoms with Crippen LogP contribution in [0, 0.1) is 10.1 Å². The molecule has 0 unspecified atom stereocenters. The van der Waals surface area contributed by atoms with Crippen LogP contribution >= 0.6 is 11.3 Å². The number of carbonyl (C=O) groups is 3. The van der Waals surface area contributed by atoms with E-state index >= 15 is 0 Å². The molecule has 1 aliphatic rings. The predicted molar refractivity (Wildman–Crippen MR) is 86.7 cm³/mol. The zero-order valence-corrected chi connectivity index (χ0v) is 13.5. The van der Waals surface area contributed by atoms with Crippen molar-refractivity contribution in [3.05, 3.63) is 44.0 Å². The number of hydrogen-bond acceptors (Lipinski definition) is 7. The van der Waals surface area contributed by atoms with Crippen LogP contribution in [0.5, 0.6) is 0 Å². The third-order valence-electron chi connectivity index (χ3n) is 3.61. The Morgan fingerprint density at radius 2 is 2.00 bits per heavy atom. The van der Waals surface area contributed by atoms with Gasteiger partial charge in [-0.25, -0.2) is 4.79 Å². The van der Waals surface area contributed by atoms with Gasteiger partial charge in [-0.2, -0.15) is 0 Å². The van der Waals surface area contributed by atoms with Gasteiger partial charge in [-0.05, 0) is 30.9 Å². The van der Waals surface area contributed by atoms with Crippen molar-refractivity contribution in [1.82, 2.24) is 5.32 Å². The minimum absolute atomic E-state index is 0.186. The molecule has 25 heavy (non-hydrogen) atoms. The molecular formula is C14H12N4O6S. The Labute approximate surface area is 144 Å². The number of anilines is 1. The number of carbonyl (C=O) groups excluding carboxylic acids is 3. The van der Waals surface area contributed by atoms with Crippen LogP contribution in [-0.2, 0) is 12.8 Å². The second-order valence-electron chi connectivity index (χ2n) is 5.23. The van der Waals surface area contributed by atoms with Crippen LogP contribution in [0.25, 0.3) is 0 Å². The second kappa shape index (κ2) is 6.36. The van der Waals surface area contributed by atoms with Crippen molar-refractivity contribution in [3.63, 3.8) is 0 Å². The van der Waals surface area contributed by atoms with E-state index < -0.39 is 28.7 Å². The predicted octanol–water partition coefficient (Wildman–Crippen LogP) is 1.80. The molecule has 11 heteroatoms. The standard InChI is InChI=1S/C14H12N4O6S/c15-14(21)17-12(20)10-6-2-1-3-8(6)25-13(10)16-11(19)7-4-5-9(24-7)18(22)23/h4-5H,1-3H2,(H,16,19)(H3,15,17,20,21). The van der Waals surface area contributed by atoms with E-state index in [9.17, 15) is 24.5 Å². The average Bonchev–Trinajstić information content (AvgIpc) is 3.20. The topological polar surface area (TPSA) is 158 Å². The van der Waals surface area contributed by atoms with Crippen molar-refractivity contribution in [2.24, 2.45) is 5.73 Å². The summed E-state index contributed by atoms with van der Waals surface area (Å²) in [5, 5.41) is 15.4. The number of nitro groups is 1. The van der Waals surface area contributed by atoms with Crippen molar-refractivity contribution in [3.8, 4) is 0 Å². The molecule has 0 saturated carbocycles. The van der Waals surface area contributed by atoms with Crippen LogP contribution in [-0.4, -0.2) is 22.8 Å². The maximum atomic E-state index is 12.2. The van der Waals surface area contributed by atoms with E-state index in [-0.39, 0.29) is 16.3 Å². The number of aryl methyl sites for hydroxylation is 1. The summed E-state index contributed by atoms with van der Waals surface area (Å²) in [6, 6.07) is 1.23. The number of thiophene rings is 1. The van der Waals surface area contributed by atoms with Gasteiger partial charge in [0.05, 0.1) is 11.6 Å². The molecule has 10 nitrogen and oxygen atoms in total. The van der Waals surface area contributed by atoms with Crippen LogP contribution in [0.1, 0.15) is 37.8 Å². The maximum Gasteiger partial charge on any atom is 0.433 e. The summed E-state index contributed by atoms with van der Waals surface area (Å²) in [5.74, 6) is -2.26. The number of urea groups is 1. The molecule has 0 radical (unpaired) electrons. The van der Waals surface area contributed by atoms with Gasteiger partial charge >= 0.3 is 11.9 Å². The van der Waals surface area contributed by atoms with Gasteiger partial charge in [0.2, 0.25) is 0 Å². The quantitative estimate of drug-likeness (QED) is 0.554. The highest BCUT2D eigenvalue weighted by molar-refractivity contribution is 7.17. The summed E-state index contributed by atoms with van der Waals surface area (Å²) in [6.07, 6.45) is 2.28. The Hall–Kier alpha value is -3.21. The molecule has 0 bridgehead atoms. The van der Waals surface area contributed by atoms with Crippen molar-refractivity contribution < 1.29 is 23.7 Å². The zero-order chi connectivity index (χ0) is 18.1. The van der Waals surface area contributed by atoms with Crippen LogP contribution in [0.4, 0.5) is 15.7 Å². The Kier molecular flexibility index (Phi) is 4.23. The number of fused-ring (bicyclic) bond motifs is 1. The van der Waals surface area contributed by atoms with Crippen molar-refractivity contribution in [1.29, 1.82) is 0 Å². The van der Waals surface area contributed by atoms with Gasteiger partial charge in [-0.15, -0.1) is 11.3 Å². The van der Waals surface area contributed by atoms with Crippen molar-refractivity contribution in [2.75, 3.05) is 5.32 Å². The highest BCUT2D eigenvalue weighted by Crippen LogP contribution is 2.39. The fourth-order valence-corrected chi connectivity index (χ4v) is 3.90. The molecule has 0 aromatic carbocycles. The average molecular weight is 364 g/mol. The lowest BCUT2D eigenvalue weighted by atomic mass is 10.1. The Morgan fingerprint density at radius 1 is 1.24 bits per heavy atom. The number of nitrogens with zero attached hydrogens (tertiary/aromatic N) is 1. The fraction of sp³-hybridized carbons (Fsp3) is 0.214. The minimum atomic E-state index is -0.998. The third-order valence-corrected chi connectivity index (χ3v) is 4.81. The fourth-order valence-electron chi connectivity index (χ4n) is 2.62. The first-order valence-corrected chi connectivity index (χ1v) is 7.99. The minimum Gasteiger partial charge on any atom is -0.395 e. The van der Waals surface area contributed by atoms with E-state index in [0.717, 1.165) is 35.4 Å². The van der Waals surface area contributed by atoms with Gasteiger partial charge in [-0.1, -0.05) is 0 Å². The number of amides is 4. The normalized spacial score (nSPS) is 12.5. The van der Waals surface area contributed by atoms with E-state index in [1.807, 2.05) is 5.32 Å². The van der Waals surface area contributed by atoms with Gasteiger partial charge in [-0.3, -0.25) is 25.0 Å². The third kappa shape index (κ3) is 3.21. The molecule has 3 rings (SSSR count). The lowest BCUT2D eigenvalue weighted by Gasteiger charge is -2.06. The summed E-state index contributed by atoms with van der Waals surface area (Å²) in [6.45, 7) is 0. The Bertz CT molecular complexity index is 899. The molecule has 1 aliphatic carbocycles. The molecule has 2 aromatic rings. The van der Waals surface area contributed by atoms with E-state index in [4.69, 9.17) is 10.2 Å². The number of nitrogens with one attached hydrogen (secondary N) is 2. The Morgan fingerprint density at radius 3 is 2.64 bits per heavy atom. The molecule has 0 fully saturated rings. The molecular weight excluding hydrogens is 352 g/mol. The number of imide groups is 1. The van der Waals surface area contributed by atoms with Gasteiger partial charge in [0.1, 0.15) is 9.92 Å². The van der Waals surface area contributed by atoms with Gasteiger partial charge in [0, 0.05) is 4.88 Å². The smallest absolute Gasteiger partial charge is 0.395 e. The van der Waals surface area contributed by atoms with E-state index in [1.165, 1.54) is 11.3 Å². The maximum absolute atomic E-state index is 12.2. The first kappa shape index (κ1) is 16.6. The summed E-state index contributed by atoms with van der Waals surface area (Å²) >= 11 is 1.22. The number of rotatable bonds is 4. The van der Waals surface area contributed by atoms with Crippen molar-refractivity contribution in [2.45, 2.75) is 19.3 Å². The molecule has 130 valence electrons. The highest BCUT2D eigenvalue weighted by atomic mass is 32.1. The first-order valence-electron chi connectivity index (χ1n) is 7.17. The van der Waals surface area contributed by atoms with Crippen LogP contribution in [0.15, 0.2) is 16.5 Å². The van der Waals surface area contributed by atoms with Crippen LogP contribution in [0.2, 0.25) is 0 Å². The van der Waals surface area contributed by atoms with Crippen LogP contribution in [0.3, 0.4) is 0 Å². The molecule has 0 spiro atoms. The molecule has 2 heterocycles. The summed E-state index contributed by atoms with van der Waals surface area (Å²) in [7, 11) is 0. The van der Waals surface area contributed by atoms with E-state index in [1.54, 1.807) is 0 Å². The summed E-state index contributed by atoms with van der Waals surface area (Å²) in [4.78, 5) is 46.2. The van der Waals surface area contributed by atoms with Gasteiger partial charge in [0.15, 0.2) is 5.76 Å². The zero-order valence-electron chi connectivity index (χ0n) is 12.7. The van der Waals surface area contributed by atoms with Gasteiger partial charge in [0.25, 0.3) is 11.8 Å². The monoisotopic (exact) mass is 364 g/mol. The number of nitrogens with two attached hydrogens (primary N) is 1. The van der Waals surface area contributed by atoms with E-state index in [2.05, 4.69) is 5.32 Å². The molecule has 0 atom stereocenters. The molecule has 2 aromatic heterocycles. The lowest BCUT2D eigenvalue weighted by molar-refractivity contribution is -0.402.